The van der Waals surface area contributed by atoms with E-state index in [2.05, 4.69) is 4.98 Å². The molecule has 1 heterocycles. The normalized spacial score (nSPS) is 16.1. The summed E-state index contributed by atoms with van der Waals surface area (Å²) in [5.74, 6) is -0.666. The zero-order chi connectivity index (χ0) is 10.8. The highest BCUT2D eigenvalue weighted by molar-refractivity contribution is 5.68. The van der Waals surface area contributed by atoms with Crippen LogP contribution in [0.25, 0.3) is 0 Å². The van der Waals surface area contributed by atoms with Crippen LogP contribution in [-0.2, 0) is 17.6 Å². The van der Waals surface area contributed by atoms with Crippen LogP contribution in [0.4, 0.5) is 0 Å². The Hall–Kier alpha value is -1.38. The molecule has 1 N–H and O–H groups in total. The third-order valence-electron chi connectivity index (χ3n) is 3.06. The lowest BCUT2D eigenvalue weighted by Gasteiger charge is -2.13. The van der Waals surface area contributed by atoms with Gasteiger partial charge in [-0.15, -0.1) is 0 Å². The summed E-state index contributed by atoms with van der Waals surface area (Å²) < 4.78 is 0. The van der Waals surface area contributed by atoms with Gasteiger partial charge in [0, 0.05) is 12.4 Å². The molecule has 3 nitrogen and oxygen atoms in total. The van der Waals surface area contributed by atoms with E-state index in [4.69, 9.17) is 5.11 Å². The molecule has 15 heavy (non-hydrogen) atoms. The molecule has 0 aliphatic heterocycles. The molecule has 0 saturated carbocycles. The van der Waals surface area contributed by atoms with Crippen LogP contribution in [0.5, 0.6) is 0 Å². The number of aryl methyl sites for hydroxylation is 1. The Kier molecular flexibility index (Phi) is 2.71. The van der Waals surface area contributed by atoms with Crippen LogP contribution in [0.1, 0.15) is 42.4 Å². The maximum absolute atomic E-state index is 10.7. The van der Waals surface area contributed by atoms with Crippen LogP contribution in [0.3, 0.4) is 0 Å². The smallest absolute Gasteiger partial charge is 0.303 e. The van der Waals surface area contributed by atoms with Crippen LogP contribution in [0.2, 0.25) is 0 Å². The lowest BCUT2D eigenvalue weighted by Crippen LogP contribution is -2.06. The molecule has 0 saturated heterocycles. The minimum absolute atomic E-state index is 0.0723. The maximum Gasteiger partial charge on any atom is 0.303 e. The molecular formula is C12H15NO2. The van der Waals surface area contributed by atoms with Gasteiger partial charge in [-0.05, 0) is 41.9 Å². The van der Waals surface area contributed by atoms with E-state index in [1.807, 2.05) is 19.3 Å². The van der Waals surface area contributed by atoms with Crippen LogP contribution in [0, 0.1) is 0 Å². The maximum atomic E-state index is 10.7. The first-order valence-corrected chi connectivity index (χ1v) is 5.36. The van der Waals surface area contributed by atoms with Crippen molar-refractivity contribution in [2.45, 2.75) is 38.5 Å². The quantitative estimate of drug-likeness (QED) is 0.822. The van der Waals surface area contributed by atoms with E-state index < -0.39 is 5.97 Å². The predicted molar refractivity (Wildman–Crippen MR) is 56.9 cm³/mol. The van der Waals surface area contributed by atoms with Gasteiger partial charge in [0.25, 0.3) is 0 Å². The van der Waals surface area contributed by atoms with Crippen molar-refractivity contribution in [3.8, 4) is 0 Å². The summed E-state index contributed by atoms with van der Waals surface area (Å²) in [4.78, 5) is 14.9. The Bertz CT molecular complexity index is 387. The van der Waals surface area contributed by atoms with E-state index in [1.54, 1.807) is 0 Å². The molecule has 1 aromatic heterocycles. The number of carbonyl (C=O) groups is 1. The zero-order valence-electron chi connectivity index (χ0n) is 8.86. The number of nitrogens with zero attached hydrogens (tertiary/aromatic N) is 1. The Morgan fingerprint density at radius 1 is 1.53 bits per heavy atom. The van der Waals surface area contributed by atoms with E-state index in [-0.39, 0.29) is 12.3 Å². The Morgan fingerprint density at radius 2 is 2.33 bits per heavy atom. The molecular weight excluding hydrogens is 190 g/mol. The summed E-state index contributed by atoms with van der Waals surface area (Å²) in [7, 11) is 0. The first kappa shape index (κ1) is 10.1. The van der Waals surface area contributed by atoms with Crippen molar-refractivity contribution in [1.29, 1.82) is 0 Å². The summed E-state index contributed by atoms with van der Waals surface area (Å²) in [5, 5.41) is 8.77. The molecule has 1 aliphatic rings. The van der Waals surface area contributed by atoms with Gasteiger partial charge in [-0.1, -0.05) is 6.92 Å². The first-order valence-electron chi connectivity index (χ1n) is 5.36. The van der Waals surface area contributed by atoms with Gasteiger partial charge < -0.3 is 5.11 Å². The standard InChI is InChI=1S/C12H15NO2/c1-8(5-12(14)15)11-7-13-6-9-3-2-4-10(9)11/h6-8H,2-5H2,1H3,(H,14,15). The fraction of sp³-hybridized carbons (Fsp3) is 0.500. The monoisotopic (exact) mass is 205 g/mol. The number of aliphatic carboxylic acids is 1. The molecule has 80 valence electrons. The second kappa shape index (κ2) is 4.01. The van der Waals surface area contributed by atoms with Crippen molar-refractivity contribution in [2.24, 2.45) is 0 Å². The van der Waals surface area contributed by atoms with Crippen molar-refractivity contribution < 1.29 is 9.90 Å². The van der Waals surface area contributed by atoms with Gasteiger partial charge >= 0.3 is 5.97 Å². The minimum Gasteiger partial charge on any atom is -0.481 e. The minimum atomic E-state index is -0.738. The highest BCUT2D eigenvalue weighted by Crippen LogP contribution is 2.30. The molecule has 0 aromatic carbocycles. The third-order valence-corrected chi connectivity index (χ3v) is 3.06. The van der Waals surface area contributed by atoms with E-state index in [0.29, 0.717) is 0 Å². The molecule has 0 spiro atoms. The van der Waals surface area contributed by atoms with Crippen LogP contribution < -0.4 is 0 Å². The van der Waals surface area contributed by atoms with Gasteiger partial charge in [0.15, 0.2) is 0 Å². The van der Waals surface area contributed by atoms with Gasteiger partial charge in [0.05, 0.1) is 6.42 Å². The zero-order valence-corrected chi connectivity index (χ0v) is 8.86. The molecule has 1 unspecified atom stereocenters. The van der Waals surface area contributed by atoms with E-state index in [1.165, 1.54) is 17.5 Å². The molecule has 1 aliphatic carbocycles. The average molecular weight is 205 g/mol. The van der Waals surface area contributed by atoms with Gasteiger partial charge in [-0.25, -0.2) is 0 Å². The number of hydrogen-bond acceptors (Lipinski definition) is 2. The molecule has 1 aromatic rings. The number of pyridine rings is 1. The lowest BCUT2D eigenvalue weighted by atomic mass is 9.93. The van der Waals surface area contributed by atoms with Gasteiger partial charge in [-0.3, -0.25) is 9.78 Å². The molecule has 0 bridgehead atoms. The highest BCUT2D eigenvalue weighted by Gasteiger charge is 2.19. The topological polar surface area (TPSA) is 50.2 Å². The average Bonchev–Trinajstić information content (AvgIpc) is 2.63. The number of carboxylic acid groups (broad SMARTS) is 1. The molecule has 0 amide bonds. The second-order valence-corrected chi connectivity index (χ2v) is 4.22. The first-order chi connectivity index (χ1) is 7.18. The number of rotatable bonds is 3. The Balaban J connectivity index is 2.28. The molecule has 1 atom stereocenters. The summed E-state index contributed by atoms with van der Waals surface area (Å²) in [6, 6.07) is 0. The summed E-state index contributed by atoms with van der Waals surface area (Å²) in [6.07, 6.45) is 7.29. The second-order valence-electron chi connectivity index (χ2n) is 4.22. The van der Waals surface area contributed by atoms with Crippen molar-refractivity contribution in [1.82, 2.24) is 4.98 Å². The third kappa shape index (κ3) is 2.01. The summed E-state index contributed by atoms with van der Waals surface area (Å²) in [6.45, 7) is 1.96. The van der Waals surface area contributed by atoms with Crippen molar-refractivity contribution in [3.63, 3.8) is 0 Å². The van der Waals surface area contributed by atoms with E-state index >= 15 is 0 Å². The summed E-state index contributed by atoms with van der Waals surface area (Å²) in [5.41, 5.74) is 3.79. The predicted octanol–water partition coefficient (Wildman–Crippen LogP) is 2.15. The van der Waals surface area contributed by atoms with Gasteiger partial charge in [-0.2, -0.15) is 0 Å². The van der Waals surface area contributed by atoms with Crippen LogP contribution in [-0.4, -0.2) is 16.1 Å². The number of carboxylic acids is 1. The number of fused-ring (bicyclic) bond motifs is 1. The van der Waals surface area contributed by atoms with E-state index in [9.17, 15) is 4.79 Å². The number of hydrogen-bond donors (Lipinski definition) is 1. The number of aromatic nitrogens is 1. The summed E-state index contributed by atoms with van der Waals surface area (Å²) >= 11 is 0. The van der Waals surface area contributed by atoms with Gasteiger partial charge in [0.1, 0.15) is 0 Å². The largest absolute Gasteiger partial charge is 0.481 e. The molecule has 2 rings (SSSR count). The van der Waals surface area contributed by atoms with Crippen molar-refractivity contribution in [3.05, 3.63) is 29.1 Å². The Morgan fingerprint density at radius 3 is 3.07 bits per heavy atom. The fourth-order valence-corrected chi connectivity index (χ4v) is 2.32. The SMILES string of the molecule is CC(CC(=O)O)c1cncc2c1CCC2. The molecule has 3 heteroatoms. The highest BCUT2D eigenvalue weighted by atomic mass is 16.4. The van der Waals surface area contributed by atoms with Crippen molar-refractivity contribution in [2.75, 3.05) is 0 Å². The fourth-order valence-electron chi connectivity index (χ4n) is 2.32. The Labute approximate surface area is 89.2 Å². The van der Waals surface area contributed by atoms with Crippen LogP contribution in [0.15, 0.2) is 12.4 Å². The molecule has 0 fully saturated rings. The van der Waals surface area contributed by atoms with Gasteiger partial charge in [0.2, 0.25) is 0 Å². The van der Waals surface area contributed by atoms with Crippen LogP contribution >= 0.6 is 0 Å². The van der Waals surface area contributed by atoms with Crippen molar-refractivity contribution >= 4 is 5.97 Å². The molecule has 0 radical (unpaired) electrons. The van der Waals surface area contributed by atoms with E-state index in [0.717, 1.165) is 18.4 Å². The lowest BCUT2D eigenvalue weighted by molar-refractivity contribution is -0.137.